The number of benzene rings is 1. The zero-order chi connectivity index (χ0) is 10.4. The fourth-order valence-corrected chi connectivity index (χ4v) is 1.31. The van der Waals surface area contributed by atoms with Gasteiger partial charge in [0.15, 0.2) is 0 Å². The molecule has 1 aromatic rings. The van der Waals surface area contributed by atoms with Gasteiger partial charge in [0.25, 0.3) is 0 Å². The highest BCUT2D eigenvalue weighted by atomic mass is 16.3. The summed E-state index contributed by atoms with van der Waals surface area (Å²) in [5.41, 5.74) is 6.84. The fraction of sp³-hybridized carbons (Fsp3) is 0.333. The predicted molar refractivity (Wildman–Crippen MR) is 58.9 cm³/mol. The van der Waals surface area contributed by atoms with Gasteiger partial charge in [0.2, 0.25) is 0 Å². The van der Waals surface area contributed by atoms with Crippen LogP contribution in [0.15, 0.2) is 43.0 Å². The first-order valence-corrected chi connectivity index (χ1v) is 4.84. The Morgan fingerprint density at radius 2 is 2.00 bits per heavy atom. The minimum atomic E-state index is -0.493. The smallest absolute Gasteiger partial charge is 0.0729 e. The Kier molecular flexibility index (Phi) is 4.36. The first-order chi connectivity index (χ1) is 6.74. The summed E-state index contributed by atoms with van der Waals surface area (Å²) in [4.78, 5) is 0. The number of aliphatic hydroxyl groups is 1. The van der Waals surface area contributed by atoms with Crippen LogP contribution in [0, 0.1) is 0 Å². The Balaban J connectivity index is 2.37. The van der Waals surface area contributed by atoms with Crippen molar-refractivity contribution in [3.8, 4) is 0 Å². The molecular formula is C12H17NO. The number of aliphatic hydroxyl groups excluding tert-OH is 1. The second kappa shape index (κ2) is 5.58. The van der Waals surface area contributed by atoms with E-state index in [0.29, 0.717) is 6.42 Å². The molecule has 0 saturated carbocycles. The molecular weight excluding hydrogens is 174 g/mol. The topological polar surface area (TPSA) is 46.2 Å². The number of nitrogens with two attached hydrogens (primary N) is 1. The van der Waals surface area contributed by atoms with Gasteiger partial charge in [-0.25, -0.2) is 0 Å². The second-order valence-corrected chi connectivity index (χ2v) is 3.40. The Morgan fingerprint density at radius 1 is 1.36 bits per heavy atom. The van der Waals surface area contributed by atoms with Gasteiger partial charge < -0.3 is 10.8 Å². The molecule has 0 saturated heterocycles. The molecule has 0 aromatic heterocycles. The molecule has 14 heavy (non-hydrogen) atoms. The summed E-state index contributed by atoms with van der Waals surface area (Å²) in [6, 6.07) is 9.75. The molecule has 0 bridgehead atoms. The van der Waals surface area contributed by atoms with Crippen LogP contribution in [0.3, 0.4) is 0 Å². The van der Waals surface area contributed by atoms with Crippen LogP contribution in [0.25, 0.3) is 0 Å². The van der Waals surface area contributed by atoms with Gasteiger partial charge in [0.05, 0.1) is 6.10 Å². The third-order valence-corrected chi connectivity index (χ3v) is 2.29. The molecule has 76 valence electrons. The van der Waals surface area contributed by atoms with Gasteiger partial charge in [-0.2, -0.15) is 0 Å². The maximum Gasteiger partial charge on any atom is 0.0729 e. The molecule has 1 rings (SSSR count). The molecule has 0 fully saturated rings. The van der Waals surface area contributed by atoms with Gasteiger partial charge in [-0.05, 0) is 18.4 Å². The summed E-state index contributed by atoms with van der Waals surface area (Å²) in [6.45, 7) is 3.55. The molecule has 0 aliphatic carbocycles. The van der Waals surface area contributed by atoms with Gasteiger partial charge in [-0.3, -0.25) is 0 Å². The maximum atomic E-state index is 9.58. The van der Waals surface area contributed by atoms with E-state index in [0.717, 1.165) is 6.42 Å². The van der Waals surface area contributed by atoms with Crippen molar-refractivity contribution in [1.29, 1.82) is 0 Å². The first kappa shape index (κ1) is 11.0. The normalized spacial score (nSPS) is 14.7. The minimum absolute atomic E-state index is 0.321. The van der Waals surface area contributed by atoms with Crippen LogP contribution in [0.4, 0.5) is 0 Å². The van der Waals surface area contributed by atoms with Crippen LogP contribution in [0.1, 0.15) is 12.0 Å². The predicted octanol–water partition coefficient (Wildman–Crippen LogP) is 1.49. The van der Waals surface area contributed by atoms with Crippen LogP contribution in [-0.2, 0) is 6.42 Å². The molecule has 0 aliphatic rings. The van der Waals surface area contributed by atoms with Crippen molar-refractivity contribution in [2.45, 2.75) is 25.0 Å². The van der Waals surface area contributed by atoms with E-state index in [-0.39, 0.29) is 6.04 Å². The zero-order valence-corrected chi connectivity index (χ0v) is 8.26. The summed E-state index contributed by atoms with van der Waals surface area (Å²) in [7, 11) is 0. The second-order valence-electron chi connectivity index (χ2n) is 3.40. The van der Waals surface area contributed by atoms with E-state index in [2.05, 4.69) is 6.58 Å². The molecule has 0 spiro atoms. The number of rotatable bonds is 5. The SMILES string of the molecule is C=C[C@H](N)[C@@H](O)CCc1ccccc1. The van der Waals surface area contributed by atoms with Crippen LogP contribution in [0.2, 0.25) is 0 Å². The van der Waals surface area contributed by atoms with Crippen molar-refractivity contribution in [2.24, 2.45) is 5.73 Å². The number of hydrogen-bond donors (Lipinski definition) is 2. The standard InChI is InChI=1S/C12H17NO/c1-2-11(13)12(14)9-8-10-6-4-3-5-7-10/h2-7,11-12,14H,1,8-9,13H2/t11-,12-/m0/s1. The van der Waals surface area contributed by atoms with Gasteiger partial charge in [0, 0.05) is 6.04 Å². The summed E-state index contributed by atoms with van der Waals surface area (Å²) in [5, 5.41) is 9.58. The van der Waals surface area contributed by atoms with E-state index in [9.17, 15) is 5.11 Å². The summed E-state index contributed by atoms with van der Waals surface area (Å²) in [5.74, 6) is 0. The molecule has 0 radical (unpaired) electrons. The van der Waals surface area contributed by atoms with E-state index in [1.165, 1.54) is 5.56 Å². The third kappa shape index (κ3) is 3.32. The Hall–Kier alpha value is -1.12. The summed E-state index contributed by atoms with van der Waals surface area (Å²) >= 11 is 0. The largest absolute Gasteiger partial charge is 0.391 e. The van der Waals surface area contributed by atoms with Crippen molar-refractivity contribution < 1.29 is 5.11 Å². The molecule has 2 atom stereocenters. The lowest BCUT2D eigenvalue weighted by molar-refractivity contribution is 0.151. The monoisotopic (exact) mass is 191 g/mol. The molecule has 0 aliphatic heterocycles. The van der Waals surface area contributed by atoms with Crippen LogP contribution in [0.5, 0.6) is 0 Å². The highest BCUT2D eigenvalue weighted by Crippen LogP contribution is 2.06. The van der Waals surface area contributed by atoms with Crippen molar-refractivity contribution >= 4 is 0 Å². The molecule has 0 amide bonds. The minimum Gasteiger partial charge on any atom is -0.391 e. The van der Waals surface area contributed by atoms with E-state index in [4.69, 9.17) is 5.73 Å². The molecule has 3 N–H and O–H groups in total. The Labute approximate surface area is 85.1 Å². The molecule has 2 heteroatoms. The van der Waals surface area contributed by atoms with E-state index in [1.54, 1.807) is 6.08 Å². The van der Waals surface area contributed by atoms with Crippen LogP contribution < -0.4 is 5.73 Å². The number of aryl methyl sites for hydroxylation is 1. The lowest BCUT2D eigenvalue weighted by atomic mass is 10.0. The fourth-order valence-electron chi connectivity index (χ4n) is 1.31. The third-order valence-electron chi connectivity index (χ3n) is 2.29. The molecule has 0 heterocycles. The molecule has 2 nitrogen and oxygen atoms in total. The van der Waals surface area contributed by atoms with Crippen molar-refractivity contribution in [1.82, 2.24) is 0 Å². The maximum absolute atomic E-state index is 9.58. The Bertz CT molecular complexity index is 271. The zero-order valence-electron chi connectivity index (χ0n) is 8.26. The van der Waals surface area contributed by atoms with Crippen molar-refractivity contribution in [3.63, 3.8) is 0 Å². The van der Waals surface area contributed by atoms with Gasteiger partial charge >= 0.3 is 0 Å². The number of hydrogen-bond acceptors (Lipinski definition) is 2. The first-order valence-electron chi connectivity index (χ1n) is 4.84. The van der Waals surface area contributed by atoms with E-state index in [1.807, 2.05) is 30.3 Å². The van der Waals surface area contributed by atoms with E-state index >= 15 is 0 Å². The van der Waals surface area contributed by atoms with Crippen LogP contribution >= 0.6 is 0 Å². The highest BCUT2D eigenvalue weighted by Gasteiger charge is 2.10. The van der Waals surface area contributed by atoms with E-state index < -0.39 is 6.10 Å². The van der Waals surface area contributed by atoms with Gasteiger partial charge in [0.1, 0.15) is 0 Å². The van der Waals surface area contributed by atoms with Crippen molar-refractivity contribution in [2.75, 3.05) is 0 Å². The summed E-state index contributed by atoms with van der Waals surface area (Å²) < 4.78 is 0. The van der Waals surface area contributed by atoms with Crippen molar-refractivity contribution in [3.05, 3.63) is 48.6 Å². The van der Waals surface area contributed by atoms with Gasteiger partial charge in [-0.15, -0.1) is 6.58 Å². The van der Waals surface area contributed by atoms with Crippen LogP contribution in [-0.4, -0.2) is 17.3 Å². The highest BCUT2D eigenvalue weighted by molar-refractivity contribution is 5.14. The Morgan fingerprint density at radius 3 is 2.57 bits per heavy atom. The lowest BCUT2D eigenvalue weighted by Gasteiger charge is -2.14. The summed E-state index contributed by atoms with van der Waals surface area (Å²) in [6.07, 6.45) is 2.61. The van der Waals surface area contributed by atoms with Gasteiger partial charge in [-0.1, -0.05) is 36.4 Å². The lowest BCUT2D eigenvalue weighted by Crippen LogP contribution is -2.32. The molecule has 1 aromatic carbocycles. The average Bonchev–Trinajstić information content (AvgIpc) is 2.26. The molecule has 0 unspecified atom stereocenters. The quantitative estimate of drug-likeness (QED) is 0.693. The average molecular weight is 191 g/mol.